The van der Waals surface area contributed by atoms with Crippen LogP contribution in [0.2, 0.25) is 5.02 Å². The molecule has 1 aromatic rings. The van der Waals surface area contributed by atoms with E-state index in [4.69, 9.17) is 30.5 Å². The van der Waals surface area contributed by atoms with Gasteiger partial charge in [0.15, 0.2) is 0 Å². The molecule has 0 atom stereocenters. The molecule has 28 heavy (non-hydrogen) atoms. The lowest BCUT2D eigenvalue weighted by molar-refractivity contribution is -0.222. The van der Waals surface area contributed by atoms with Gasteiger partial charge in [-0.3, -0.25) is 5.32 Å². The Kier molecular flexibility index (Phi) is 5.94. The SMILES string of the molecule is COc1cc(NC(=O)OC(C)(C)C)c(C=C2C(=O)OC(C)(C)OC2=O)cc1Cl. The van der Waals surface area contributed by atoms with Gasteiger partial charge in [0, 0.05) is 25.5 Å². The lowest BCUT2D eigenvalue weighted by atomic mass is 10.1. The van der Waals surface area contributed by atoms with Crippen LogP contribution < -0.4 is 10.1 Å². The standard InChI is InChI=1S/C19H22ClNO7/c1-18(2,3)28-17(24)21-13-9-14(25-6)12(20)8-10(13)7-11-15(22)26-19(4,5)27-16(11)23/h7-9H,1-6H3,(H,21,24). The number of methoxy groups -OCH3 is 1. The van der Waals surface area contributed by atoms with E-state index in [2.05, 4.69) is 5.32 Å². The molecule has 2 rings (SSSR count). The molecule has 0 bridgehead atoms. The summed E-state index contributed by atoms with van der Waals surface area (Å²) in [5.41, 5.74) is -0.580. The molecule has 1 aliphatic heterocycles. The largest absolute Gasteiger partial charge is 0.495 e. The average Bonchev–Trinajstić information content (AvgIpc) is 2.50. The number of ether oxygens (including phenoxy) is 4. The van der Waals surface area contributed by atoms with Gasteiger partial charge in [-0.2, -0.15) is 0 Å². The van der Waals surface area contributed by atoms with E-state index in [1.54, 1.807) is 20.8 Å². The number of benzene rings is 1. The van der Waals surface area contributed by atoms with Crippen LogP contribution in [0.1, 0.15) is 40.2 Å². The van der Waals surface area contributed by atoms with Gasteiger partial charge in [-0.1, -0.05) is 11.6 Å². The zero-order valence-electron chi connectivity index (χ0n) is 16.5. The van der Waals surface area contributed by atoms with Crippen LogP contribution >= 0.6 is 11.6 Å². The van der Waals surface area contributed by atoms with E-state index < -0.39 is 29.4 Å². The van der Waals surface area contributed by atoms with Gasteiger partial charge in [-0.25, -0.2) is 14.4 Å². The molecule has 0 saturated carbocycles. The Bertz CT molecular complexity index is 831. The summed E-state index contributed by atoms with van der Waals surface area (Å²) in [6.07, 6.45) is 0.490. The number of rotatable bonds is 3. The third-order valence-electron chi connectivity index (χ3n) is 3.38. The average molecular weight is 412 g/mol. The molecule has 9 heteroatoms. The van der Waals surface area contributed by atoms with Gasteiger partial charge in [0.05, 0.1) is 17.8 Å². The molecule has 1 amide bonds. The highest BCUT2D eigenvalue weighted by atomic mass is 35.5. The van der Waals surface area contributed by atoms with Gasteiger partial charge in [-0.15, -0.1) is 0 Å². The first-order valence-corrected chi connectivity index (χ1v) is 8.75. The summed E-state index contributed by atoms with van der Waals surface area (Å²) < 4.78 is 20.5. The van der Waals surface area contributed by atoms with Crippen LogP contribution in [0, 0.1) is 0 Å². The van der Waals surface area contributed by atoms with Crippen LogP contribution in [0.25, 0.3) is 6.08 Å². The quantitative estimate of drug-likeness (QED) is 0.457. The van der Waals surface area contributed by atoms with E-state index in [9.17, 15) is 14.4 Å². The van der Waals surface area contributed by atoms with Gasteiger partial charge in [0.1, 0.15) is 16.9 Å². The molecule has 0 radical (unpaired) electrons. The van der Waals surface area contributed by atoms with Gasteiger partial charge >= 0.3 is 18.0 Å². The van der Waals surface area contributed by atoms with Crippen LogP contribution in [0.4, 0.5) is 10.5 Å². The number of carbonyl (C=O) groups is 3. The van der Waals surface area contributed by atoms with Crippen molar-refractivity contribution in [2.75, 3.05) is 12.4 Å². The predicted octanol–water partition coefficient (Wildman–Crippen LogP) is 3.92. The zero-order valence-corrected chi connectivity index (χ0v) is 17.2. The van der Waals surface area contributed by atoms with E-state index >= 15 is 0 Å². The maximum Gasteiger partial charge on any atom is 0.412 e. The Balaban J connectivity index is 2.45. The molecular formula is C19H22ClNO7. The lowest BCUT2D eigenvalue weighted by Gasteiger charge is -2.29. The molecule has 8 nitrogen and oxygen atoms in total. The third-order valence-corrected chi connectivity index (χ3v) is 3.67. The summed E-state index contributed by atoms with van der Waals surface area (Å²) in [6.45, 7) is 8.04. The molecule has 1 heterocycles. The first kappa shape index (κ1) is 21.6. The number of cyclic esters (lactones) is 2. The number of hydrogen-bond acceptors (Lipinski definition) is 7. The minimum absolute atomic E-state index is 0.210. The van der Waals surface area contributed by atoms with E-state index in [-0.39, 0.29) is 27.6 Å². The monoisotopic (exact) mass is 411 g/mol. The maximum atomic E-state index is 12.2. The first-order chi connectivity index (χ1) is 12.8. The fraction of sp³-hybridized carbons (Fsp3) is 0.421. The topological polar surface area (TPSA) is 100 Å². The number of amides is 1. The number of carbonyl (C=O) groups excluding carboxylic acids is 3. The molecule has 0 spiro atoms. The third kappa shape index (κ3) is 5.39. The Morgan fingerprint density at radius 3 is 2.25 bits per heavy atom. The smallest absolute Gasteiger partial charge is 0.412 e. The van der Waals surface area contributed by atoms with E-state index in [1.807, 2.05) is 0 Å². The second-order valence-electron chi connectivity index (χ2n) is 7.44. The number of esters is 2. The van der Waals surface area contributed by atoms with Crippen molar-refractivity contribution in [3.05, 3.63) is 28.3 Å². The second kappa shape index (κ2) is 7.71. The van der Waals surface area contributed by atoms with Crippen molar-refractivity contribution in [2.24, 2.45) is 0 Å². The Labute approximate surface area is 167 Å². The second-order valence-corrected chi connectivity index (χ2v) is 7.84. The Morgan fingerprint density at radius 2 is 1.75 bits per heavy atom. The molecular weight excluding hydrogens is 390 g/mol. The van der Waals surface area contributed by atoms with Gasteiger partial charge in [0.2, 0.25) is 0 Å². The van der Waals surface area contributed by atoms with E-state index in [0.717, 1.165) is 0 Å². The van der Waals surface area contributed by atoms with Crippen molar-refractivity contribution in [1.82, 2.24) is 0 Å². The number of anilines is 1. The summed E-state index contributed by atoms with van der Waals surface area (Å²) >= 11 is 6.15. The van der Waals surface area contributed by atoms with Crippen molar-refractivity contribution in [3.8, 4) is 5.75 Å². The van der Waals surface area contributed by atoms with Crippen molar-refractivity contribution >= 4 is 41.4 Å². The molecule has 1 saturated heterocycles. The molecule has 1 N–H and O–H groups in total. The molecule has 1 fully saturated rings. The van der Waals surface area contributed by atoms with Crippen molar-refractivity contribution in [2.45, 2.75) is 46.0 Å². The van der Waals surface area contributed by atoms with Crippen molar-refractivity contribution < 1.29 is 33.3 Å². The summed E-state index contributed by atoms with van der Waals surface area (Å²) in [4.78, 5) is 36.5. The van der Waals surface area contributed by atoms with Crippen LogP contribution in [-0.4, -0.2) is 36.5 Å². The fourth-order valence-corrected chi connectivity index (χ4v) is 2.55. The highest BCUT2D eigenvalue weighted by molar-refractivity contribution is 6.32. The van der Waals surface area contributed by atoms with E-state index in [0.29, 0.717) is 0 Å². The molecule has 0 aliphatic carbocycles. The Hall–Kier alpha value is -2.74. The predicted molar refractivity (Wildman–Crippen MR) is 102 cm³/mol. The highest BCUT2D eigenvalue weighted by Crippen LogP contribution is 2.34. The highest BCUT2D eigenvalue weighted by Gasteiger charge is 2.39. The molecule has 0 aromatic heterocycles. The number of nitrogens with one attached hydrogen (secondary N) is 1. The van der Waals surface area contributed by atoms with Crippen LogP contribution in [0.15, 0.2) is 17.7 Å². The van der Waals surface area contributed by atoms with Crippen LogP contribution in [0.5, 0.6) is 5.75 Å². The summed E-state index contributed by atoms with van der Waals surface area (Å²) in [6, 6.07) is 2.88. The van der Waals surface area contributed by atoms with Gasteiger partial charge in [0.25, 0.3) is 5.79 Å². The zero-order chi connectivity index (χ0) is 21.3. The molecule has 1 aromatic carbocycles. The molecule has 152 valence electrons. The first-order valence-electron chi connectivity index (χ1n) is 8.37. The fourth-order valence-electron chi connectivity index (χ4n) is 2.30. The lowest BCUT2D eigenvalue weighted by Crippen LogP contribution is -2.41. The summed E-state index contributed by atoms with van der Waals surface area (Å²) in [5.74, 6) is -2.78. The number of halogens is 1. The van der Waals surface area contributed by atoms with Crippen LogP contribution in [0.3, 0.4) is 0 Å². The van der Waals surface area contributed by atoms with Gasteiger partial charge < -0.3 is 18.9 Å². The minimum atomic E-state index is -1.36. The minimum Gasteiger partial charge on any atom is -0.495 e. The molecule has 1 aliphatic rings. The van der Waals surface area contributed by atoms with Crippen molar-refractivity contribution in [1.29, 1.82) is 0 Å². The number of hydrogen-bond donors (Lipinski definition) is 1. The summed E-state index contributed by atoms with van der Waals surface area (Å²) in [5, 5.41) is 2.77. The van der Waals surface area contributed by atoms with E-state index in [1.165, 1.54) is 39.2 Å². The Morgan fingerprint density at radius 1 is 1.18 bits per heavy atom. The van der Waals surface area contributed by atoms with Gasteiger partial charge in [-0.05, 0) is 32.9 Å². The maximum absolute atomic E-state index is 12.2. The van der Waals surface area contributed by atoms with Crippen molar-refractivity contribution in [3.63, 3.8) is 0 Å². The molecule has 0 unspecified atom stereocenters. The normalized spacial score (nSPS) is 16.0. The summed E-state index contributed by atoms with van der Waals surface area (Å²) in [7, 11) is 1.41. The van der Waals surface area contributed by atoms with Crippen LogP contribution in [-0.2, 0) is 23.8 Å².